The highest BCUT2D eigenvalue weighted by Crippen LogP contribution is 2.05. The van der Waals surface area contributed by atoms with Crippen molar-refractivity contribution < 1.29 is 9.18 Å². The van der Waals surface area contributed by atoms with Gasteiger partial charge in [-0.3, -0.25) is 9.79 Å². The molecule has 0 aliphatic carbocycles. The van der Waals surface area contributed by atoms with Gasteiger partial charge in [0.25, 0.3) is 5.91 Å². The molecule has 0 bridgehead atoms. The Kier molecular flexibility index (Phi) is 4.33. The summed E-state index contributed by atoms with van der Waals surface area (Å²) in [6, 6.07) is 6.26. The van der Waals surface area contributed by atoms with Crippen LogP contribution in [-0.2, 0) is 0 Å². The van der Waals surface area contributed by atoms with Gasteiger partial charge in [-0.1, -0.05) is 12.1 Å². The largest absolute Gasteiger partial charge is 0.355 e. The minimum atomic E-state index is -0.511. The van der Waals surface area contributed by atoms with Crippen molar-refractivity contribution in [2.45, 2.75) is 13.0 Å². The van der Waals surface area contributed by atoms with E-state index in [0.717, 1.165) is 12.5 Å². The lowest BCUT2D eigenvalue weighted by Crippen LogP contribution is -2.41. The van der Waals surface area contributed by atoms with Gasteiger partial charge in [-0.2, -0.15) is 0 Å². The predicted molar refractivity (Wildman–Crippen MR) is 71.6 cm³/mol. The lowest BCUT2D eigenvalue weighted by molar-refractivity contribution is 0.0950. The maximum absolute atomic E-state index is 13.3. The molecular formula is C13H17FN4O. The van der Waals surface area contributed by atoms with E-state index in [1.807, 2.05) is 6.92 Å². The zero-order chi connectivity index (χ0) is 13.7. The van der Waals surface area contributed by atoms with Gasteiger partial charge in [0.1, 0.15) is 5.82 Å². The van der Waals surface area contributed by atoms with Crippen LogP contribution in [0.25, 0.3) is 0 Å². The van der Waals surface area contributed by atoms with Crippen LogP contribution >= 0.6 is 0 Å². The first-order chi connectivity index (χ1) is 9.16. The Morgan fingerprint density at radius 1 is 1.47 bits per heavy atom. The first kappa shape index (κ1) is 13.3. The van der Waals surface area contributed by atoms with E-state index in [2.05, 4.69) is 20.9 Å². The quantitative estimate of drug-likeness (QED) is 0.694. The van der Waals surface area contributed by atoms with Crippen molar-refractivity contribution >= 4 is 11.9 Å². The number of amides is 1. The lowest BCUT2D eigenvalue weighted by atomic mass is 10.2. The molecule has 0 fully saturated rings. The summed E-state index contributed by atoms with van der Waals surface area (Å²) >= 11 is 0. The molecule has 19 heavy (non-hydrogen) atoms. The summed E-state index contributed by atoms with van der Waals surface area (Å²) in [6.07, 6.45) is 0. The third kappa shape index (κ3) is 3.67. The van der Waals surface area contributed by atoms with Crippen molar-refractivity contribution in [3.05, 3.63) is 35.6 Å². The number of nitrogens with one attached hydrogen (secondary N) is 3. The van der Waals surface area contributed by atoms with Gasteiger partial charge in [0.05, 0.1) is 12.1 Å². The number of guanidine groups is 1. The third-order valence-electron chi connectivity index (χ3n) is 2.73. The summed E-state index contributed by atoms with van der Waals surface area (Å²) in [6.45, 7) is 3.74. The van der Waals surface area contributed by atoms with Crippen molar-refractivity contribution in [2.75, 3.05) is 19.6 Å². The molecular weight excluding hydrogens is 247 g/mol. The highest BCUT2D eigenvalue weighted by Gasteiger charge is 2.12. The first-order valence-electron chi connectivity index (χ1n) is 6.24. The molecule has 1 amide bonds. The molecule has 1 heterocycles. The molecule has 0 radical (unpaired) electrons. The number of carbonyl (C=O) groups is 1. The summed E-state index contributed by atoms with van der Waals surface area (Å²) in [4.78, 5) is 15.9. The van der Waals surface area contributed by atoms with Crippen LogP contribution in [0.2, 0.25) is 0 Å². The SMILES string of the molecule is CC1CN=C(NCCNC(=O)c2ccccc2F)N1. The van der Waals surface area contributed by atoms with E-state index < -0.39 is 11.7 Å². The van der Waals surface area contributed by atoms with Crippen LogP contribution in [0.3, 0.4) is 0 Å². The highest BCUT2D eigenvalue weighted by molar-refractivity contribution is 5.94. The van der Waals surface area contributed by atoms with Crippen molar-refractivity contribution in [3.63, 3.8) is 0 Å². The van der Waals surface area contributed by atoms with Crippen molar-refractivity contribution in [3.8, 4) is 0 Å². The predicted octanol–water partition coefficient (Wildman–Crippen LogP) is 0.493. The molecule has 0 saturated carbocycles. The molecule has 1 aromatic carbocycles. The maximum atomic E-state index is 13.3. The van der Waals surface area contributed by atoms with E-state index in [9.17, 15) is 9.18 Å². The second-order valence-corrected chi connectivity index (χ2v) is 4.40. The number of hydrogen-bond acceptors (Lipinski definition) is 4. The number of halogens is 1. The molecule has 0 aromatic heterocycles. The van der Waals surface area contributed by atoms with E-state index in [-0.39, 0.29) is 5.56 Å². The Morgan fingerprint density at radius 3 is 2.95 bits per heavy atom. The molecule has 3 N–H and O–H groups in total. The molecule has 1 atom stereocenters. The topological polar surface area (TPSA) is 65.5 Å². The fraction of sp³-hybridized carbons (Fsp3) is 0.385. The molecule has 1 unspecified atom stereocenters. The molecule has 5 nitrogen and oxygen atoms in total. The van der Waals surface area contributed by atoms with Crippen LogP contribution in [0, 0.1) is 5.82 Å². The average molecular weight is 264 g/mol. The molecule has 0 spiro atoms. The van der Waals surface area contributed by atoms with Gasteiger partial charge >= 0.3 is 0 Å². The summed E-state index contributed by atoms with van der Waals surface area (Å²) in [5.41, 5.74) is 0.0625. The Morgan fingerprint density at radius 2 is 2.26 bits per heavy atom. The number of carbonyl (C=O) groups excluding carboxylic acids is 1. The maximum Gasteiger partial charge on any atom is 0.254 e. The van der Waals surface area contributed by atoms with Crippen LogP contribution in [0.4, 0.5) is 4.39 Å². The number of benzene rings is 1. The Labute approximate surface area is 111 Å². The van der Waals surface area contributed by atoms with Crippen molar-refractivity contribution in [1.82, 2.24) is 16.0 Å². The average Bonchev–Trinajstić information content (AvgIpc) is 2.81. The highest BCUT2D eigenvalue weighted by atomic mass is 19.1. The fourth-order valence-corrected chi connectivity index (χ4v) is 1.76. The second-order valence-electron chi connectivity index (χ2n) is 4.40. The van der Waals surface area contributed by atoms with Gasteiger partial charge < -0.3 is 16.0 Å². The van der Waals surface area contributed by atoms with E-state index in [1.165, 1.54) is 12.1 Å². The van der Waals surface area contributed by atoms with E-state index >= 15 is 0 Å². The number of aliphatic imine (C=N–C) groups is 1. The first-order valence-corrected chi connectivity index (χ1v) is 6.24. The fourth-order valence-electron chi connectivity index (χ4n) is 1.76. The summed E-state index contributed by atoms with van der Waals surface area (Å²) in [7, 11) is 0. The minimum Gasteiger partial charge on any atom is -0.355 e. The van der Waals surface area contributed by atoms with Crippen LogP contribution in [-0.4, -0.2) is 37.5 Å². The standard InChI is InChI=1S/C13H17FN4O/c1-9-8-17-13(18-9)16-7-6-15-12(19)10-4-2-3-5-11(10)14/h2-5,9H,6-8H2,1H3,(H,15,19)(H2,16,17,18). The molecule has 1 aliphatic rings. The van der Waals surface area contributed by atoms with E-state index in [0.29, 0.717) is 19.1 Å². The second kappa shape index (κ2) is 6.17. The Hall–Kier alpha value is -2.11. The number of hydrogen-bond donors (Lipinski definition) is 3. The van der Waals surface area contributed by atoms with Crippen molar-refractivity contribution in [1.29, 1.82) is 0 Å². The molecule has 1 aromatic rings. The van der Waals surface area contributed by atoms with Gasteiger partial charge in [0, 0.05) is 19.1 Å². The van der Waals surface area contributed by atoms with Crippen LogP contribution in [0.5, 0.6) is 0 Å². The normalized spacial score (nSPS) is 17.6. The molecule has 6 heteroatoms. The Balaban J connectivity index is 1.71. The van der Waals surface area contributed by atoms with E-state index in [1.54, 1.807) is 12.1 Å². The number of nitrogens with zero attached hydrogens (tertiary/aromatic N) is 1. The Bertz CT molecular complexity index is 489. The van der Waals surface area contributed by atoms with Gasteiger partial charge in [0.15, 0.2) is 5.96 Å². The summed E-state index contributed by atoms with van der Waals surface area (Å²) in [5.74, 6) is -0.175. The van der Waals surface area contributed by atoms with Gasteiger partial charge in [-0.25, -0.2) is 4.39 Å². The van der Waals surface area contributed by atoms with Crippen LogP contribution < -0.4 is 16.0 Å². The molecule has 2 rings (SSSR count). The zero-order valence-electron chi connectivity index (χ0n) is 10.7. The van der Waals surface area contributed by atoms with E-state index in [4.69, 9.17) is 0 Å². The minimum absolute atomic E-state index is 0.0625. The summed E-state index contributed by atoms with van der Waals surface area (Å²) in [5, 5.41) is 8.86. The molecule has 1 aliphatic heterocycles. The van der Waals surface area contributed by atoms with Crippen molar-refractivity contribution in [2.24, 2.45) is 4.99 Å². The van der Waals surface area contributed by atoms with Crippen LogP contribution in [0.15, 0.2) is 29.3 Å². The number of rotatable bonds is 4. The zero-order valence-corrected chi connectivity index (χ0v) is 10.7. The monoisotopic (exact) mass is 264 g/mol. The van der Waals surface area contributed by atoms with Crippen LogP contribution in [0.1, 0.15) is 17.3 Å². The summed E-state index contributed by atoms with van der Waals surface area (Å²) < 4.78 is 13.3. The van der Waals surface area contributed by atoms with Gasteiger partial charge in [-0.15, -0.1) is 0 Å². The third-order valence-corrected chi connectivity index (χ3v) is 2.73. The molecule has 0 saturated heterocycles. The van der Waals surface area contributed by atoms with Gasteiger partial charge in [0.2, 0.25) is 0 Å². The van der Waals surface area contributed by atoms with Gasteiger partial charge in [-0.05, 0) is 19.1 Å². The lowest BCUT2D eigenvalue weighted by Gasteiger charge is -2.09. The smallest absolute Gasteiger partial charge is 0.254 e. The molecule has 102 valence electrons.